The van der Waals surface area contributed by atoms with E-state index < -0.39 is 28.4 Å². The van der Waals surface area contributed by atoms with E-state index in [0.29, 0.717) is 11.1 Å². The van der Waals surface area contributed by atoms with Gasteiger partial charge in [-0.05, 0) is 44.2 Å². The highest BCUT2D eigenvalue weighted by atomic mass is 32.2. The summed E-state index contributed by atoms with van der Waals surface area (Å²) >= 11 is 0. The molecular formula is C24H21NO6S. The zero-order chi connectivity index (χ0) is 23.3. The van der Waals surface area contributed by atoms with Gasteiger partial charge < -0.3 is 5.32 Å². The lowest BCUT2D eigenvalue weighted by molar-refractivity contribution is -0.118. The number of amides is 1. The van der Waals surface area contributed by atoms with Crippen molar-refractivity contribution in [3.8, 4) is 0 Å². The molecule has 0 atom stereocenters. The number of hydrogen-bond donors (Lipinski definition) is 1. The largest absolute Gasteiger partial charge is 0.323 e. The number of ketones is 2. The van der Waals surface area contributed by atoms with E-state index in [-0.39, 0.29) is 21.9 Å². The van der Waals surface area contributed by atoms with E-state index in [9.17, 15) is 22.8 Å². The predicted octanol–water partition coefficient (Wildman–Crippen LogP) is 3.77. The maximum atomic E-state index is 13.0. The Kier molecular flexibility index (Phi) is 6.97. The second-order valence-electron chi connectivity index (χ2n) is 7.09. The fourth-order valence-corrected chi connectivity index (χ4v) is 3.76. The SMILES string of the molecule is CC(=O)c1ccc(NC(=O)COS(=O)(=O)c2ccc(C)cc2)c(C(=O)c2ccccc2)c1. The van der Waals surface area contributed by atoms with Crippen LogP contribution >= 0.6 is 0 Å². The molecule has 0 radical (unpaired) electrons. The molecular weight excluding hydrogens is 430 g/mol. The Bertz CT molecular complexity index is 1270. The van der Waals surface area contributed by atoms with Gasteiger partial charge in [0.2, 0.25) is 0 Å². The van der Waals surface area contributed by atoms with Crippen LogP contribution in [-0.2, 0) is 19.1 Å². The van der Waals surface area contributed by atoms with Crippen molar-refractivity contribution in [2.45, 2.75) is 18.7 Å². The van der Waals surface area contributed by atoms with Crippen molar-refractivity contribution < 1.29 is 27.0 Å². The van der Waals surface area contributed by atoms with E-state index in [2.05, 4.69) is 5.32 Å². The lowest BCUT2D eigenvalue weighted by Crippen LogP contribution is -2.22. The first kappa shape index (κ1) is 23.1. The number of nitrogens with one attached hydrogen (secondary N) is 1. The quantitative estimate of drug-likeness (QED) is 0.413. The first-order valence-electron chi connectivity index (χ1n) is 9.68. The molecule has 0 aliphatic heterocycles. The van der Waals surface area contributed by atoms with Crippen molar-refractivity contribution in [2.24, 2.45) is 0 Å². The zero-order valence-electron chi connectivity index (χ0n) is 17.5. The second-order valence-corrected chi connectivity index (χ2v) is 8.70. The number of Topliss-reactive ketones (excluding diaryl/α,β-unsaturated/α-hetero) is 1. The number of carbonyl (C=O) groups is 3. The van der Waals surface area contributed by atoms with Crippen molar-refractivity contribution >= 4 is 33.3 Å². The molecule has 0 saturated heterocycles. The first-order chi connectivity index (χ1) is 15.2. The molecule has 0 heterocycles. The Hall–Kier alpha value is -3.62. The Morgan fingerprint density at radius 3 is 2.16 bits per heavy atom. The molecule has 0 saturated carbocycles. The monoisotopic (exact) mass is 451 g/mol. The molecule has 32 heavy (non-hydrogen) atoms. The Labute approximate surface area is 186 Å². The molecule has 164 valence electrons. The molecule has 1 amide bonds. The summed E-state index contributed by atoms with van der Waals surface area (Å²) < 4.78 is 29.4. The molecule has 3 rings (SSSR count). The molecule has 0 fully saturated rings. The summed E-state index contributed by atoms with van der Waals surface area (Å²) in [6.45, 7) is 2.41. The average molecular weight is 452 g/mol. The fourth-order valence-electron chi connectivity index (χ4n) is 2.90. The number of benzene rings is 3. The van der Waals surface area contributed by atoms with Gasteiger partial charge in [-0.1, -0.05) is 48.0 Å². The maximum Gasteiger partial charge on any atom is 0.297 e. The van der Waals surface area contributed by atoms with Crippen LogP contribution in [0.15, 0.2) is 77.7 Å². The van der Waals surface area contributed by atoms with Gasteiger partial charge in [0.15, 0.2) is 11.6 Å². The number of hydrogen-bond acceptors (Lipinski definition) is 6. The maximum absolute atomic E-state index is 13.0. The predicted molar refractivity (Wildman–Crippen MR) is 119 cm³/mol. The molecule has 0 aliphatic rings. The summed E-state index contributed by atoms with van der Waals surface area (Å²) in [5, 5.41) is 2.50. The van der Waals surface area contributed by atoms with Crippen LogP contribution in [0.2, 0.25) is 0 Å². The molecule has 0 spiro atoms. The highest BCUT2D eigenvalue weighted by molar-refractivity contribution is 7.86. The van der Waals surface area contributed by atoms with Crippen LogP contribution in [0.5, 0.6) is 0 Å². The molecule has 3 aromatic rings. The topological polar surface area (TPSA) is 107 Å². The summed E-state index contributed by atoms with van der Waals surface area (Å²) in [7, 11) is -4.12. The molecule has 0 aliphatic carbocycles. The van der Waals surface area contributed by atoms with Crippen LogP contribution in [0.3, 0.4) is 0 Å². The van der Waals surface area contributed by atoms with Gasteiger partial charge in [-0.25, -0.2) is 0 Å². The Balaban J connectivity index is 1.80. The standard InChI is InChI=1S/C24H21NO6S/c1-16-8-11-20(12-9-16)32(29,30)31-15-23(27)25-22-13-10-19(17(2)26)14-21(22)24(28)18-6-4-3-5-7-18/h3-14H,15H2,1-2H3,(H,25,27). The number of carbonyl (C=O) groups excluding carboxylic acids is 3. The minimum Gasteiger partial charge on any atom is -0.323 e. The fraction of sp³-hybridized carbons (Fsp3) is 0.125. The molecule has 0 unspecified atom stereocenters. The van der Waals surface area contributed by atoms with E-state index in [1.54, 1.807) is 42.5 Å². The minimum absolute atomic E-state index is 0.0679. The smallest absolute Gasteiger partial charge is 0.297 e. The van der Waals surface area contributed by atoms with Gasteiger partial charge in [-0.15, -0.1) is 0 Å². The number of aryl methyl sites for hydroxylation is 1. The molecule has 0 aromatic heterocycles. The van der Waals surface area contributed by atoms with Crippen molar-refractivity contribution in [3.05, 3.63) is 95.1 Å². The summed E-state index contributed by atoms with van der Waals surface area (Å²) in [5.41, 5.74) is 1.82. The van der Waals surface area contributed by atoms with E-state index in [4.69, 9.17) is 4.18 Å². The van der Waals surface area contributed by atoms with Crippen LogP contribution in [-0.4, -0.2) is 32.5 Å². The first-order valence-corrected chi connectivity index (χ1v) is 11.1. The van der Waals surface area contributed by atoms with Crippen LogP contribution in [0.1, 0.15) is 38.8 Å². The van der Waals surface area contributed by atoms with Gasteiger partial charge in [0.1, 0.15) is 6.61 Å². The molecule has 3 aromatic carbocycles. The molecule has 8 heteroatoms. The van der Waals surface area contributed by atoms with Gasteiger partial charge in [-0.3, -0.25) is 18.6 Å². The van der Waals surface area contributed by atoms with Crippen LogP contribution in [0.4, 0.5) is 5.69 Å². The number of anilines is 1. The van der Waals surface area contributed by atoms with Crippen molar-refractivity contribution in [1.29, 1.82) is 0 Å². The lowest BCUT2D eigenvalue weighted by atomic mass is 9.98. The van der Waals surface area contributed by atoms with Gasteiger partial charge in [0.25, 0.3) is 16.0 Å². The van der Waals surface area contributed by atoms with Crippen molar-refractivity contribution in [1.82, 2.24) is 0 Å². The van der Waals surface area contributed by atoms with E-state index in [1.165, 1.54) is 37.3 Å². The van der Waals surface area contributed by atoms with E-state index >= 15 is 0 Å². The molecule has 7 nitrogen and oxygen atoms in total. The van der Waals surface area contributed by atoms with Crippen LogP contribution in [0, 0.1) is 6.92 Å². The number of rotatable bonds is 8. The minimum atomic E-state index is -4.12. The summed E-state index contributed by atoms with van der Waals surface area (Å²) in [4.78, 5) is 37.1. The third kappa shape index (κ3) is 5.54. The van der Waals surface area contributed by atoms with E-state index in [0.717, 1.165) is 5.56 Å². The van der Waals surface area contributed by atoms with Gasteiger partial charge in [-0.2, -0.15) is 8.42 Å². The third-order valence-electron chi connectivity index (χ3n) is 4.64. The highest BCUT2D eigenvalue weighted by Gasteiger charge is 2.20. The molecule has 1 N–H and O–H groups in total. The zero-order valence-corrected chi connectivity index (χ0v) is 18.3. The van der Waals surface area contributed by atoms with Gasteiger partial charge in [0, 0.05) is 16.7 Å². The van der Waals surface area contributed by atoms with Crippen LogP contribution in [0.25, 0.3) is 0 Å². The van der Waals surface area contributed by atoms with Gasteiger partial charge >= 0.3 is 0 Å². The Morgan fingerprint density at radius 2 is 1.53 bits per heavy atom. The second kappa shape index (κ2) is 9.67. The normalized spacial score (nSPS) is 11.1. The Morgan fingerprint density at radius 1 is 0.875 bits per heavy atom. The third-order valence-corrected chi connectivity index (χ3v) is 5.91. The van der Waals surface area contributed by atoms with Crippen molar-refractivity contribution in [2.75, 3.05) is 11.9 Å². The summed E-state index contributed by atoms with van der Waals surface area (Å²) in [5.74, 6) is -1.40. The highest BCUT2D eigenvalue weighted by Crippen LogP contribution is 2.22. The molecule has 0 bridgehead atoms. The summed E-state index contributed by atoms with van der Waals surface area (Å²) in [6.07, 6.45) is 0. The lowest BCUT2D eigenvalue weighted by Gasteiger charge is -2.12. The van der Waals surface area contributed by atoms with Crippen LogP contribution < -0.4 is 5.32 Å². The van der Waals surface area contributed by atoms with Gasteiger partial charge in [0.05, 0.1) is 10.6 Å². The van der Waals surface area contributed by atoms with Crippen molar-refractivity contribution in [3.63, 3.8) is 0 Å². The average Bonchev–Trinajstić information content (AvgIpc) is 2.78. The van der Waals surface area contributed by atoms with E-state index in [1.807, 2.05) is 6.92 Å². The summed E-state index contributed by atoms with van der Waals surface area (Å²) in [6, 6.07) is 18.7.